The third-order valence-electron chi connectivity index (χ3n) is 3.80. The Kier molecular flexibility index (Phi) is 5.09. The van der Waals surface area contributed by atoms with Gasteiger partial charge >= 0.3 is 0 Å². The van der Waals surface area contributed by atoms with E-state index >= 15 is 0 Å². The highest BCUT2D eigenvalue weighted by Gasteiger charge is 2.34. The molecule has 1 aliphatic carbocycles. The number of benzene rings is 1. The fraction of sp³-hybridized carbons (Fsp3) is 0.467. The molecule has 2 rings (SSSR count). The van der Waals surface area contributed by atoms with Gasteiger partial charge in [0.1, 0.15) is 5.92 Å². The number of nitrogens with zero attached hydrogens (tertiary/aromatic N) is 1. The van der Waals surface area contributed by atoms with E-state index in [1.54, 1.807) is 4.90 Å². The molecule has 20 heavy (non-hydrogen) atoms. The molecule has 0 saturated heterocycles. The van der Waals surface area contributed by atoms with Gasteiger partial charge in [0.15, 0.2) is 0 Å². The minimum Gasteiger partial charge on any atom is -0.395 e. The Hall–Kier alpha value is -1.46. The average molecular weight is 292 g/mol. The molecule has 0 spiro atoms. The van der Waals surface area contributed by atoms with Crippen molar-refractivity contribution in [2.45, 2.75) is 31.2 Å². The number of amides is 1. The van der Waals surface area contributed by atoms with Gasteiger partial charge in [-0.3, -0.25) is 4.79 Å². The number of hydrogen-bond donors (Lipinski definition) is 2. The van der Waals surface area contributed by atoms with Gasteiger partial charge in [-0.1, -0.05) is 42.5 Å². The molecule has 0 heterocycles. The van der Waals surface area contributed by atoms with E-state index in [0.29, 0.717) is 6.54 Å². The van der Waals surface area contributed by atoms with Crippen LogP contribution in [0.25, 0.3) is 0 Å². The Bertz CT molecular complexity index is 474. The molecule has 1 saturated carbocycles. The third kappa shape index (κ3) is 3.16. The predicted molar refractivity (Wildman–Crippen MR) is 82.4 cm³/mol. The first-order valence-corrected chi connectivity index (χ1v) is 7.31. The number of hydrogen-bond acceptors (Lipinski definition) is 3. The molecule has 4 nitrogen and oxygen atoms in total. The summed E-state index contributed by atoms with van der Waals surface area (Å²) >= 11 is 5.09. The minimum absolute atomic E-state index is 0.0406. The summed E-state index contributed by atoms with van der Waals surface area (Å²) in [5.74, 6) is -0.694. The Morgan fingerprint density at radius 3 is 2.50 bits per heavy atom. The molecule has 108 valence electrons. The molecule has 1 atom stereocenters. The lowest BCUT2D eigenvalue weighted by Crippen LogP contribution is -2.49. The molecule has 3 N–H and O–H groups in total. The van der Waals surface area contributed by atoms with Crippen LogP contribution in [0, 0.1) is 0 Å². The van der Waals surface area contributed by atoms with E-state index in [1.807, 2.05) is 30.3 Å². The summed E-state index contributed by atoms with van der Waals surface area (Å²) in [4.78, 5) is 14.7. The number of rotatable bonds is 6. The van der Waals surface area contributed by atoms with E-state index in [1.165, 1.54) is 0 Å². The lowest BCUT2D eigenvalue weighted by molar-refractivity contribution is -0.135. The lowest BCUT2D eigenvalue weighted by Gasteiger charge is -2.39. The molecule has 1 unspecified atom stereocenters. The minimum atomic E-state index is -0.599. The summed E-state index contributed by atoms with van der Waals surface area (Å²) in [6.07, 6.45) is 3.11. The molecule has 1 fully saturated rings. The van der Waals surface area contributed by atoms with Crippen molar-refractivity contribution < 1.29 is 9.90 Å². The van der Waals surface area contributed by atoms with Gasteiger partial charge in [-0.2, -0.15) is 0 Å². The van der Waals surface area contributed by atoms with Crippen molar-refractivity contribution in [1.29, 1.82) is 0 Å². The fourth-order valence-corrected chi connectivity index (χ4v) is 2.76. The molecular formula is C15H20N2O2S. The van der Waals surface area contributed by atoms with Crippen molar-refractivity contribution in [3.63, 3.8) is 0 Å². The fourth-order valence-electron chi connectivity index (χ4n) is 2.52. The Labute approximate surface area is 124 Å². The van der Waals surface area contributed by atoms with Crippen LogP contribution in [0.3, 0.4) is 0 Å². The summed E-state index contributed by atoms with van der Waals surface area (Å²) in [6, 6.07) is 9.57. The molecular weight excluding hydrogens is 272 g/mol. The van der Waals surface area contributed by atoms with Crippen LogP contribution < -0.4 is 5.73 Å². The van der Waals surface area contributed by atoms with Gasteiger partial charge in [-0.15, -0.1) is 0 Å². The maximum absolute atomic E-state index is 12.8. The first kappa shape index (κ1) is 14.9. The number of carbonyl (C=O) groups is 1. The summed E-state index contributed by atoms with van der Waals surface area (Å²) in [6.45, 7) is 0.302. The zero-order chi connectivity index (χ0) is 14.5. The van der Waals surface area contributed by atoms with Crippen LogP contribution in [0.15, 0.2) is 30.3 Å². The molecule has 1 aromatic carbocycles. The van der Waals surface area contributed by atoms with Crippen LogP contribution >= 0.6 is 12.2 Å². The van der Waals surface area contributed by atoms with E-state index in [0.717, 1.165) is 24.8 Å². The maximum Gasteiger partial charge on any atom is 0.237 e. The highest BCUT2D eigenvalue weighted by atomic mass is 32.1. The first-order valence-electron chi connectivity index (χ1n) is 6.90. The number of nitrogens with two attached hydrogens (primary N) is 1. The van der Waals surface area contributed by atoms with Crippen molar-refractivity contribution >= 4 is 23.1 Å². The second-order valence-electron chi connectivity index (χ2n) is 5.09. The topological polar surface area (TPSA) is 66.6 Å². The standard InChI is InChI=1S/C15H20N2O2S/c16-14(20)13(11-5-2-1-3-6-11)15(19)17(9-10-18)12-7-4-8-12/h1-3,5-6,12-13,18H,4,7-10H2,(H2,16,20). The van der Waals surface area contributed by atoms with Crippen LogP contribution in [0.1, 0.15) is 30.7 Å². The van der Waals surface area contributed by atoms with Crippen molar-refractivity contribution in [2.75, 3.05) is 13.2 Å². The third-order valence-corrected chi connectivity index (χ3v) is 4.04. The van der Waals surface area contributed by atoms with Crippen LogP contribution in [0.2, 0.25) is 0 Å². The van der Waals surface area contributed by atoms with Gasteiger partial charge in [-0.25, -0.2) is 0 Å². The quantitative estimate of drug-likeness (QED) is 0.778. The SMILES string of the molecule is NC(=S)C(C(=O)N(CCO)C1CCC1)c1ccccc1. The van der Waals surface area contributed by atoms with E-state index < -0.39 is 5.92 Å². The molecule has 0 aromatic heterocycles. The largest absolute Gasteiger partial charge is 0.395 e. The average Bonchev–Trinajstić information content (AvgIpc) is 2.37. The van der Waals surface area contributed by atoms with Gasteiger partial charge in [0, 0.05) is 12.6 Å². The molecule has 1 amide bonds. The molecule has 0 aliphatic heterocycles. The van der Waals surface area contributed by atoms with Crippen molar-refractivity contribution in [1.82, 2.24) is 4.90 Å². The zero-order valence-corrected chi connectivity index (χ0v) is 12.2. The van der Waals surface area contributed by atoms with Crippen molar-refractivity contribution in [2.24, 2.45) is 5.73 Å². The predicted octanol–water partition coefficient (Wildman–Crippen LogP) is 1.43. The second-order valence-corrected chi connectivity index (χ2v) is 5.56. The Morgan fingerprint density at radius 2 is 2.05 bits per heavy atom. The summed E-state index contributed by atoms with van der Waals surface area (Å²) in [7, 11) is 0. The van der Waals surface area contributed by atoms with Crippen molar-refractivity contribution in [3.8, 4) is 0 Å². The maximum atomic E-state index is 12.8. The van der Waals surface area contributed by atoms with Crippen LogP contribution in [-0.2, 0) is 4.79 Å². The molecule has 1 aliphatic rings. The number of thiocarbonyl (C=S) groups is 1. The zero-order valence-electron chi connectivity index (χ0n) is 11.4. The summed E-state index contributed by atoms with van der Waals surface area (Å²) < 4.78 is 0. The van der Waals surface area contributed by atoms with Gasteiger partial charge in [0.2, 0.25) is 5.91 Å². The first-order chi connectivity index (χ1) is 9.65. The van der Waals surface area contributed by atoms with Crippen LogP contribution in [-0.4, -0.2) is 40.1 Å². The summed E-state index contributed by atoms with van der Waals surface area (Å²) in [5, 5.41) is 9.19. The molecule has 0 radical (unpaired) electrons. The van der Waals surface area contributed by atoms with Gasteiger partial charge in [-0.05, 0) is 24.8 Å². The molecule has 0 bridgehead atoms. The van der Waals surface area contributed by atoms with E-state index in [4.69, 9.17) is 18.0 Å². The van der Waals surface area contributed by atoms with Gasteiger partial charge in [0.25, 0.3) is 0 Å². The van der Waals surface area contributed by atoms with E-state index in [9.17, 15) is 9.90 Å². The summed E-state index contributed by atoms with van der Waals surface area (Å²) in [5.41, 5.74) is 6.60. The number of aliphatic hydroxyl groups excluding tert-OH is 1. The Balaban J connectivity index is 2.23. The normalized spacial score (nSPS) is 16.2. The Morgan fingerprint density at radius 1 is 1.40 bits per heavy atom. The van der Waals surface area contributed by atoms with Gasteiger partial charge in [0.05, 0.1) is 11.6 Å². The van der Waals surface area contributed by atoms with Crippen molar-refractivity contribution in [3.05, 3.63) is 35.9 Å². The highest BCUT2D eigenvalue weighted by molar-refractivity contribution is 7.80. The highest BCUT2D eigenvalue weighted by Crippen LogP contribution is 2.28. The van der Waals surface area contributed by atoms with Crippen LogP contribution in [0.5, 0.6) is 0 Å². The smallest absolute Gasteiger partial charge is 0.237 e. The number of aliphatic hydroxyl groups is 1. The molecule has 5 heteroatoms. The lowest BCUT2D eigenvalue weighted by atomic mass is 9.89. The van der Waals surface area contributed by atoms with E-state index in [2.05, 4.69) is 0 Å². The number of carbonyl (C=O) groups excluding carboxylic acids is 1. The second kappa shape index (κ2) is 6.81. The van der Waals surface area contributed by atoms with Gasteiger partial charge < -0.3 is 15.7 Å². The van der Waals surface area contributed by atoms with E-state index in [-0.39, 0.29) is 23.5 Å². The molecule has 1 aromatic rings. The van der Waals surface area contributed by atoms with Crippen LogP contribution in [0.4, 0.5) is 0 Å². The monoisotopic (exact) mass is 292 g/mol.